The molecule has 2 amide bonds. The Morgan fingerprint density at radius 1 is 1.55 bits per heavy atom. The first-order chi connectivity index (χ1) is 9.63. The topological polar surface area (TPSA) is 82.8 Å². The Labute approximate surface area is 117 Å². The predicted molar refractivity (Wildman–Crippen MR) is 72.1 cm³/mol. The smallest absolute Gasteiger partial charge is 0.287 e. The van der Waals surface area contributed by atoms with Crippen LogP contribution >= 0.6 is 0 Å². The van der Waals surface area contributed by atoms with Crippen molar-refractivity contribution in [2.75, 3.05) is 13.2 Å². The van der Waals surface area contributed by atoms with Gasteiger partial charge in [0, 0.05) is 12.6 Å². The minimum Gasteiger partial charge on any atom is -0.459 e. The first-order valence-electron chi connectivity index (χ1n) is 6.89. The van der Waals surface area contributed by atoms with E-state index in [4.69, 9.17) is 9.52 Å². The van der Waals surface area contributed by atoms with Gasteiger partial charge < -0.3 is 19.7 Å². The van der Waals surface area contributed by atoms with Crippen molar-refractivity contribution in [2.45, 2.75) is 38.3 Å². The molecule has 0 bridgehead atoms. The van der Waals surface area contributed by atoms with Crippen LogP contribution in [0, 0.1) is 0 Å². The summed E-state index contributed by atoms with van der Waals surface area (Å²) in [5.74, 6) is -0.390. The van der Waals surface area contributed by atoms with E-state index in [1.807, 2.05) is 0 Å². The summed E-state index contributed by atoms with van der Waals surface area (Å²) in [7, 11) is 0. The Hall–Kier alpha value is -1.82. The first-order valence-corrected chi connectivity index (χ1v) is 6.89. The number of furan rings is 1. The van der Waals surface area contributed by atoms with Crippen molar-refractivity contribution in [2.24, 2.45) is 0 Å². The molecule has 1 saturated carbocycles. The Morgan fingerprint density at radius 2 is 2.30 bits per heavy atom. The molecular formula is C14H20N2O4. The van der Waals surface area contributed by atoms with Gasteiger partial charge in [-0.2, -0.15) is 0 Å². The standard InChI is InChI=1S/C14H20N2O4/c1-10(15-13(18)12-6-3-9-20-12)14(19)16(7-8-17)11-4-2-5-11/h3,6,9-11,17H,2,4-5,7-8H2,1H3,(H,15,18). The van der Waals surface area contributed by atoms with Crippen LogP contribution in [0.4, 0.5) is 0 Å². The molecule has 0 radical (unpaired) electrons. The lowest BCUT2D eigenvalue weighted by Crippen LogP contribution is -2.53. The molecule has 0 aliphatic heterocycles. The van der Waals surface area contributed by atoms with E-state index in [9.17, 15) is 9.59 Å². The molecule has 1 fully saturated rings. The number of aliphatic hydroxyl groups is 1. The Kier molecular flexibility index (Phi) is 4.79. The summed E-state index contributed by atoms with van der Waals surface area (Å²) in [4.78, 5) is 25.8. The van der Waals surface area contributed by atoms with E-state index in [1.165, 1.54) is 6.26 Å². The molecule has 1 atom stereocenters. The Balaban J connectivity index is 1.94. The van der Waals surface area contributed by atoms with Gasteiger partial charge in [-0.1, -0.05) is 0 Å². The van der Waals surface area contributed by atoms with Crippen LogP contribution in [-0.4, -0.2) is 47.1 Å². The summed E-state index contributed by atoms with van der Waals surface area (Å²) < 4.78 is 4.99. The number of hydrogen-bond acceptors (Lipinski definition) is 4. The van der Waals surface area contributed by atoms with E-state index in [2.05, 4.69) is 5.32 Å². The van der Waals surface area contributed by atoms with Gasteiger partial charge in [0.05, 0.1) is 12.9 Å². The Bertz CT molecular complexity index is 454. The summed E-state index contributed by atoms with van der Waals surface area (Å²) in [6, 6.07) is 2.72. The van der Waals surface area contributed by atoms with Crippen molar-refractivity contribution in [3.63, 3.8) is 0 Å². The number of carbonyl (C=O) groups excluding carboxylic acids is 2. The van der Waals surface area contributed by atoms with Crippen LogP contribution in [-0.2, 0) is 4.79 Å². The van der Waals surface area contributed by atoms with Gasteiger partial charge in [-0.15, -0.1) is 0 Å². The number of nitrogens with one attached hydrogen (secondary N) is 1. The number of amides is 2. The lowest BCUT2D eigenvalue weighted by atomic mass is 9.91. The average molecular weight is 280 g/mol. The molecule has 6 heteroatoms. The second kappa shape index (κ2) is 6.56. The van der Waals surface area contributed by atoms with E-state index < -0.39 is 11.9 Å². The van der Waals surface area contributed by atoms with Crippen LogP contribution in [0.15, 0.2) is 22.8 Å². The lowest BCUT2D eigenvalue weighted by Gasteiger charge is -2.38. The molecule has 1 aromatic rings. The van der Waals surface area contributed by atoms with Crippen LogP contribution in [0.1, 0.15) is 36.7 Å². The third kappa shape index (κ3) is 3.19. The zero-order valence-electron chi connectivity index (χ0n) is 11.5. The zero-order chi connectivity index (χ0) is 14.5. The summed E-state index contributed by atoms with van der Waals surface area (Å²) in [5, 5.41) is 11.7. The minimum absolute atomic E-state index is 0.0684. The highest BCUT2D eigenvalue weighted by molar-refractivity contribution is 5.95. The lowest BCUT2D eigenvalue weighted by molar-refractivity contribution is -0.137. The second-order valence-corrected chi connectivity index (χ2v) is 5.01. The van der Waals surface area contributed by atoms with Crippen LogP contribution in [0.3, 0.4) is 0 Å². The molecule has 0 saturated heterocycles. The molecule has 0 spiro atoms. The van der Waals surface area contributed by atoms with E-state index in [0.29, 0.717) is 6.54 Å². The van der Waals surface area contributed by atoms with Gasteiger partial charge in [0.2, 0.25) is 5.91 Å². The number of rotatable bonds is 6. The van der Waals surface area contributed by atoms with Crippen LogP contribution in [0.25, 0.3) is 0 Å². The molecule has 1 unspecified atom stereocenters. The summed E-state index contributed by atoms with van der Waals surface area (Å²) in [5.41, 5.74) is 0. The fourth-order valence-corrected chi connectivity index (χ4v) is 2.26. The average Bonchev–Trinajstić information content (AvgIpc) is 2.89. The highest BCUT2D eigenvalue weighted by Gasteiger charge is 2.31. The molecule has 2 N–H and O–H groups in total. The molecule has 6 nitrogen and oxygen atoms in total. The minimum atomic E-state index is -0.639. The molecule has 0 aromatic carbocycles. The largest absolute Gasteiger partial charge is 0.459 e. The van der Waals surface area contributed by atoms with Gasteiger partial charge in [-0.05, 0) is 38.3 Å². The zero-order valence-corrected chi connectivity index (χ0v) is 11.5. The van der Waals surface area contributed by atoms with Crippen molar-refractivity contribution in [1.29, 1.82) is 0 Å². The van der Waals surface area contributed by atoms with E-state index in [-0.39, 0.29) is 24.3 Å². The molecule has 1 aliphatic carbocycles. The quantitative estimate of drug-likeness (QED) is 0.806. The first kappa shape index (κ1) is 14.6. The number of aliphatic hydroxyl groups excluding tert-OH is 1. The summed E-state index contributed by atoms with van der Waals surface area (Å²) in [6.45, 7) is 1.89. The fourth-order valence-electron chi connectivity index (χ4n) is 2.26. The maximum absolute atomic E-state index is 12.3. The monoisotopic (exact) mass is 280 g/mol. The van der Waals surface area contributed by atoms with Crippen molar-refractivity contribution in [1.82, 2.24) is 10.2 Å². The SMILES string of the molecule is CC(NC(=O)c1ccco1)C(=O)N(CCO)C1CCC1. The number of hydrogen-bond donors (Lipinski definition) is 2. The van der Waals surface area contributed by atoms with Crippen molar-refractivity contribution >= 4 is 11.8 Å². The highest BCUT2D eigenvalue weighted by atomic mass is 16.3. The van der Waals surface area contributed by atoms with E-state index in [0.717, 1.165) is 19.3 Å². The maximum atomic E-state index is 12.3. The van der Waals surface area contributed by atoms with E-state index in [1.54, 1.807) is 24.0 Å². The van der Waals surface area contributed by atoms with Gasteiger partial charge in [-0.25, -0.2) is 0 Å². The normalized spacial score (nSPS) is 16.3. The van der Waals surface area contributed by atoms with Gasteiger partial charge in [-0.3, -0.25) is 9.59 Å². The highest BCUT2D eigenvalue weighted by Crippen LogP contribution is 2.25. The van der Waals surface area contributed by atoms with Crippen molar-refractivity contribution < 1.29 is 19.1 Å². The van der Waals surface area contributed by atoms with Gasteiger partial charge in [0.15, 0.2) is 5.76 Å². The molecule has 20 heavy (non-hydrogen) atoms. The molecule has 1 heterocycles. The van der Waals surface area contributed by atoms with Gasteiger partial charge in [0.1, 0.15) is 6.04 Å². The molecule has 1 aromatic heterocycles. The molecule has 2 rings (SSSR count). The van der Waals surface area contributed by atoms with Crippen LogP contribution < -0.4 is 5.32 Å². The van der Waals surface area contributed by atoms with Gasteiger partial charge >= 0.3 is 0 Å². The second-order valence-electron chi connectivity index (χ2n) is 5.01. The summed E-state index contributed by atoms with van der Waals surface area (Å²) in [6.07, 6.45) is 4.44. The molecule has 1 aliphatic rings. The molecule has 110 valence electrons. The Morgan fingerprint density at radius 3 is 2.80 bits per heavy atom. The fraction of sp³-hybridized carbons (Fsp3) is 0.571. The van der Waals surface area contributed by atoms with Gasteiger partial charge in [0.25, 0.3) is 5.91 Å². The summed E-state index contributed by atoms with van der Waals surface area (Å²) >= 11 is 0. The van der Waals surface area contributed by atoms with Crippen LogP contribution in [0.5, 0.6) is 0 Å². The third-order valence-corrected chi connectivity index (χ3v) is 3.60. The third-order valence-electron chi connectivity index (χ3n) is 3.60. The van der Waals surface area contributed by atoms with Crippen molar-refractivity contribution in [3.8, 4) is 0 Å². The molecular weight excluding hydrogens is 260 g/mol. The predicted octanol–water partition coefficient (Wildman–Crippen LogP) is 0.771. The number of nitrogens with zero attached hydrogens (tertiary/aromatic N) is 1. The van der Waals surface area contributed by atoms with E-state index >= 15 is 0 Å². The van der Waals surface area contributed by atoms with Crippen molar-refractivity contribution in [3.05, 3.63) is 24.2 Å². The maximum Gasteiger partial charge on any atom is 0.287 e. The van der Waals surface area contributed by atoms with Crippen LogP contribution in [0.2, 0.25) is 0 Å². The number of carbonyl (C=O) groups is 2.